The molecule has 0 saturated heterocycles. The fourth-order valence-corrected chi connectivity index (χ4v) is 2.73. The van der Waals surface area contributed by atoms with E-state index in [2.05, 4.69) is 4.90 Å². The van der Waals surface area contributed by atoms with E-state index in [4.69, 9.17) is 5.73 Å². The predicted molar refractivity (Wildman–Crippen MR) is 64.3 cm³/mol. The maximum Gasteiger partial charge on any atom is 0.320 e. The Morgan fingerprint density at radius 1 is 1.44 bits per heavy atom. The molecule has 0 aromatic heterocycles. The van der Waals surface area contributed by atoms with Gasteiger partial charge in [0.25, 0.3) is 0 Å². The molecule has 1 atom stereocenters. The number of carbonyl (C=O) groups is 1. The van der Waals surface area contributed by atoms with Gasteiger partial charge in [0.2, 0.25) is 0 Å². The van der Waals surface area contributed by atoms with Crippen LogP contribution in [-0.4, -0.2) is 41.1 Å². The molecule has 1 saturated carbocycles. The highest BCUT2D eigenvalue weighted by Crippen LogP contribution is 2.24. The van der Waals surface area contributed by atoms with Crippen molar-refractivity contribution in [2.75, 3.05) is 13.1 Å². The second-order valence-electron chi connectivity index (χ2n) is 4.55. The predicted octanol–water partition coefficient (Wildman–Crippen LogP) is 1.44. The summed E-state index contributed by atoms with van der Waals surface area (Å²) in [4.78, 5) is 13.4. The largest absolute Gasteiger partial charge is 0.480 e. The summed E-state index contributed by atoms with van der Waals surface area (Å²) in [5.41, 5.74) is 5.50. The zero-order valence-electron chi connectivity index (χ0n) is 10.2. The molecule has 0 bridgehead atoms. The number of hydrogen-bond acceptors (Lipinski definition) is 3. The Morgan fingerprint density at radius 3 is 2.50 bits per heavy atom. The molecule has 1 fully saturated rings. The zero-order chi connectivity index (χ0) is 12.0. The van der Waals surface area contributed by atoms with Gasteiger partial charge in [0.05, 0.1) is 0 Å². The van der Waals surface area contributed by atoms with E-state index in [9.17, 15) is 9.90 Å². The van der Waals surface area contributed by atoms with Crippen molar-refractivity contribution < 1.29 is 9.90 Å². The fraction of sp³-hybridized carbons (Fsp3) is 0.917. The van der Waals surface area contributed by atoms with Gasteiger partial charge in [-0.2, -0.15) is 0 Å². The summed E-state index contributed by atoms with van der Waals surface area (Å²) in [5, 5.41) is 9.24. The molecule has 0 aromatic carbocycles. The highest BCUT2D eigenvalue weighted by Gasteiger charge is 2.30. The fourth-order valence-electron chi connectivity index (χ4n) is 2.73. The smallest absolute Gasteiger partial charge is 0.320 e. The van der Waals surface area contributed by atoms with Crippen LogP contribution in [0.15, 0.2) is 0 Å². The first-order valence-electron chi connectivity index (χ1n) is 6.39. The van der Waals surface area contributed by atoms with Crippen LogP contribution in [0.5, 0.6) is 0 Å². The molecule has 1 unspecified atom stereocenters. The third kappa shape index (κ3) is 3.46. The molecule has 0 aromatic rings. The van der Waals surface area contributed by atoms with Gasteiger partial charge in [-0.05, 0) is 32.4 Å². The van der Waals surface area contributed by atoms with Crippen LogP contribution < -0.4 is 5.73 Å². The van der Waals surface area contributed by atoms with Crippen LogP contribution in [-0.2, 0) is 4.79 Å². The minimum absolute atomic E-state index is 0.391. The van der Waals surface area contributed by atoms with Gasteiger partial charge in [-0.1, -0.05) is 26.2 Å². The molecule has 1 rings (SSSR count). The topological polar surface area (TPSA) is 66.6 Å². The van der Waals surface area contributed by atoms with Gasteiger partial charge in [0.15, 0.2) is 0 Å². The lowest BCUT2D eigenvalue weighted by molar-refractivity contribution is -0.144. The van der Waals surface area contributed by atoms with E-state index in [0.29, 0.717) is 19.0 Å². The first kappa shape index (κ1) is 13.5. The molecular weight excluding hydrogens is 204 g/mol. The van der Waals surface area contributed by atoms with Gasteiger partial charge < -0.3 is 10.8 Å². The number of hydrogen-bond donors (Lipinski definition) is 2. The Hall–Kier alpha value is -0.610. The molecule has 16 heavy (non-hydrogen) atoms. The summed E-state index contributed by atoms with van der Waals surface area (Å²) in [7, 11) is 0. The average Bonchev–Trinajstić information content (AvgIpc) is 2.30. The number of aliphatic carboxylic acids is 1. The van der Waals surface area contributed by atoms with Crippen LogP contribution in [0.2, 0.25) is 0 Å². The van der Waals surface area contributed by atoms with Crippen molar-refractivity contribution >= 4 is 5.97 Å². The van der Waals surface area contributed by atoms with Crippen LogP contribution in [0.25, 0.3) is 0 Å². The van der Waals surface area contributed by atoms with Crippen LogP contribution in [0.1, 0.15) is 45.4 Å². The summed E-state index contributed by atoms with van der Waals surface area (Å²) < 4.78 is 0. The third-order valence-corrected chi connectivity index (χ3v) is 3.53. The molecule has 0 amide bonds. The Morgan fingerprint density at radius 2 is 2.06 bits per heavy atom. The summed E-state index contributed by atoms with van der Waals surface area (Å²) >= 11 is 0. The normalized spacial score (nSPS) is 19.9. The molecule has 0 aliphatic heterocycles. The molecule has 3 N–H and O–H groups in total. The summed E-state index contributed by atoms with van der Waals surface area (Å²) in [6.45, 7) is 3.29. The Labute approximate surface area is 97.8 Å². The molecule has 4 nitrogen and oxygen atoms in total. The molecule has 94 valence electrons. The van der Waals surface area contributed by atoms with E-state index in [1.165, 1.54) is 19.3 Å². The van der Waals surface area contributed by atoms with Crippen LogP contribution in [0.4, 0.5) is 0 Å². The van der Waals surface area contributed by atoms with Gasteiger partial charge in [0.1, 0.15) is 6.04 Å². The molecule has 1 aliphatic carbocycles. The maximum absolute atomic E-state index is 11.2. The van der Waals surface area contributed by atoms with Crippen molar-refractivity contribution in [1.82, 2.24) is 4.90 Å². The number of likely N-dealkylation sites (N-methyl/N-ethyl adjacent to an activating group) is 1. The van der Waals surface area contributed by atoms with E-state index in [0.717, 1.165) is 19.4 Å². The summed E-state index contributed by atoms with van der Waals surface area (Å²) in [5.74, 6) is -0.724. The minimum Gasteiger partial charge on any atom is -0.480 e. The standard InChI is InChI=1S/C12H24N2O2/c1-2-14(10-6-4-3-5-7-10)11(8-9-13)12(15)16/h10-11H,2-9,13H2,1H3,(H,15,16). The highest BCUT2D eigenvalue weighted by atomic mass is 16.4. The average molecular weight is 228 g/mol. The molecule has 4 heteroatoms. The van der Waals surface area contributed by atoms with E-state index < -0.39 is 12.0 Å². The van der Waals surface area contributed by atoms with Crippen LogP contribution >= 0.6 is 0 Å². The lowest BCUT2D eigenvalue weighted by atomic mass is 9.92. The first-order chi connectivity index (χ1) is 7.70. The maximum atomic E-state index is 11.2. The van der Waals surface area contributed by atoms with Crippen molar-refractivity contribution in [2.24, 2.45) is 5.73 Å². The van der Waals surface area contributed by atoms with Crippen molar-refractivity contribution in [3.63, 3.8) is 0 Å². The number of nitrogens with zero attached hydrogens (tertiary/aromatic N) is 1. The van der Waals surface area contributed by atoms with Gasteiger partial charge in [-0.25, -0.2) is 0 Å². The van der Waals surface area contributed by atoms with E-state index in [1.807, 2.05) is 6.92 Å². The quantitative estimate of drug-likeness (QED) is 0.722. The molecule has 1 aliphatic rings. The van der Waals surface area contributed by atoms with E-state index in [1.54, 1.807) is 0 Å². The first-order valence-corrected chi connectivity index (χ1v) is 6.39. The van der Waals surface area contributed by atoms with Gasteiger partial charge in [0, 0.05) is 6.04 Å². The van der Waals surface area contributed by atoms with Crippen molar-refractivity contribution in [1.29, 1.82) is 0 Å². The Kier molecular flexibility index (Phi) is 5.77. The molecule has 0 spiro atoms. The van der Waals surface area contributed by atoms with Crippen LogP contribution in [0, 0.1) is 0 Å². The minimum atomic E-state index is -0.724. The van der Waals surface area contributed by atoms with E-state index in [-0.39, 0.29) is 0 Å². The molecular formula is C12H24N2O2. The van der Waals surface area contributed by atoms with Crippen molar-refractivity contribution in [3.05, 3.63) is 0 Å². The second kappa shape index (κ2) is 6.86. The van der Waals surface area contributed by atoms with Crippen molar-refractivity contribution in [2.45, 2.75) is 57.5 Å². The van der Waals surface area contributed by atoms with E-state index >= 15 is 0 Å². The Balaban J connectivity index is 2.64. The SMILES string of the molecule is CCN(C1CCCCC1)C(CCN)C(=O)O. The van der Waals surface area contributed by atoms with Gasteiger partial charge in [-0.15, -0.1) is 0 Å². The second-order valence-corrected chi connectivity index (χ2v) is 4.55. The third-order valence-electron chi connectivity index (χ3n) is 3.53. The highest BCUT2D eigenvalue weighted by molar-refractivity contribution is 5.73. The monoisotopic (exact) mass is 228 g/mol. The van der Waals surface area contributed by atoms with Gasteiger partial charge in [-0.3, -0.25) is 9.69 Å². The molecule has 0 radical (unpaired) electrons. The number of carboxylic acid groups (broad SMARTS) is 1. The Bertz CT molecular complexity index is 215. The number of nitrogens with two attached hydrogens (primary N) is 1. The van der Waals surface area contributed by atoms with Crippen molar-refractivity contribution in [3.8, 4) is 0 Å². The van der Waals surface area contributed by atoms with Gasteiger partial charge >= 0.3 is 5.97 Å². The lowest BCUT2D eigenvalue weighted by Gasteiger charge is -2.37. The molecule has 0 heterocycles. The zero-order valence-corrected chi connectivity index (χ0v) is 10.2. The lowest BCUT2D eigenvalue weighted by Crippen LogP contribution is -2.48. The van der Waals surface area contributed by atoms with Crippen LogP contribution in [0.3, 0.4) is 0 Å². The summed E-state index contributed by atoms with van der Waals surface area (Å²) in [6.07, 6.45) is 6.60. The number of rotatable bonds is 6. The summed E-state index contributed by atoms with van der Waals surface area (Å²) in [6, 6.07) is 0.0597. The number of carboxylic acids is 1.